The Kier molecular flexibility index (Phi) is 4.68. The molecule has 0 aliphatic carbocycles. The second-order valence-corrected chi connectivity index (χ2v) is 5.49. The second-order valence-electron chi connectivity index (χ2n) is 5.49. The van der Waals surface area contributed by atoms with Gasteiger partial charge in [0, 0.05) is 24.5 Å². The van der Waals surface area contributed by atoms with Crippen LogP contribution in [0.3, 0.4) is 0 Å². The van der Waals surface area contributed by atoms with Gasteiger partial charge >= 0.3 is 0 Å². The zero-order chi connectivity index (χ0) is 16.1. The summed E-state index contributed by atoms with van der Waals surface area (Å²) in [5, 5.41) is 2.85. The highest BCUT2D eigenvalue weighted by molar-refractivity contribution is 5.95. The number of carbonyl (C=O) groups is 1. The van der Waals surface area contributed by atoms with Gasteiger partial charge in [0.25, 0.3) is 0 Å². The van der Waals surface area contributed by atoms with E-state index in [4.69, 9.17) is 5.73 Å². The SMILES string of the molecule is NC(C(=O)Nc1ccc(N2C=NCCC2)cc1)c1ccccc1. The lowest BCUT2D eigenvalue weighted by atomic mass is 10.1. The molecule has 0 radical (unpaired) electrons. The summed E-state index contributed by atoms with van der Waals surface area (Å²) in [6, 6.07) is 16.4. The van der Waals surface area contributed by atoms with Gasteiger partial charge in [-0.25, -0.2) is 0 Å². The molecule has 0 spiro atoms. The van der Waals surface area contributed by atoms with E-state index in [2.05, 4.69) is 15.2 Å². The van der Waals surface area contributed by atoms with Gasteiger partial charge in [-0.3, -0.25) is 9.79 Å². The van der Waals surface area contributed by atoms with E-state index < -0.39 is 6.04 Å². The number of nitrogens with zero attached hydrogens (tertiary/aromatic N) is 2. The number of rotatable bonds is 4. The molecule has 0 saturated heterocycles. The first-order valence-electron chi connectivity index (χ1n) is 7.72. The van der Waals surface area contributed by atoms with Gasteiger partial charge in [0.05, 0.1) is 6.34 Å². The van der Waals surface area contributed by atoms with E-state index in [0.717, 1.165) is 36.4 Å². The van der Waals surface area contributed by atoms with Crippen molar-refractivity contribution < 1.29 is 4.79 Å². The van der Waals surface area contributed by atoms with Crippen molar-refractivity contribution >= 4 is 23.6 Å². The van der Waals surface area contributed by atoms with Crippen LogP contribution in [0.25, 0.3) is 0 Å². The first kappa shape index (κ1) is 15.2. The third-order valence-corrected chi connectivity index (χ3v) is 3.81. The molecule has 1 atom stereocenters. The van der Waals surface area contributed by atoms with Gasteiger partial charge in [-0.2, -0.15) is 0 Å². The average molecular weight is 308 g/mol. The van der Waals surface area contributed by atoms with Gasteiger partial charge in [-0.15, -0.1) is 0 Å². The summed E-state index contributed by atoms with van der Waals surface area (Å²) in [6.45, 7) is 1.86. The van der Waals surface area contributed by atoms with Crippen molar-refractivity contribution in [3.63, 3.8) is 0 Å². The molecule has 3 N–H and O–H groups in total. The molecule has 2 aromatic rings. The van der Waals surface area contributed by atoms with Crippen molar-refractivity contribution in [3.05, 3.63) is 60.2 Å². The highest BCUT2D eigenvalue weighted by Gasteiger charge is 2.15. The Bertz CT molecular complexity index is 682. The molecule has 0 bridgehead atoms. The first-order valence-corrected chi connectivity index (χ1v) is 7.72. The Balaban J connectivity index is 1.65. The number of amides is 1. The number of nitrogens with one attached hydrogen (secondary N) is 1. The topological polar surface area (TPSA) is 70.7 Å². The van der Waals surface area contributed by atoms with Crippen LogP contribution in [-0.4, -0.2) is 25.3 Å². The van der Waals surface area contributed by atoms with E-state index >= 15 is 0 Å². The van der Waals surface area contributed by atoms with E-state index in [1.165, 1.54) is 0 Å². The van der Waals surface area contributed by atoms with Crippen molar-refractivity contribution in [2.75, 3.05) is 23.3 Å². The quantitative estimate of drug-likeness (QED) is 0.912. The predicted octanol–water partition coefficient (Wildman–Crippen LogP) is 2.56. The number of anilines is 2. The van der Waals surface area contributed by atoms with Crippen LogP contribution in [0, 0.1) is 0 Å². The molecule has 5 nitrogen and oxygen atoms in total. The highest BCUT2D eigenvalue weighted by Crippen LogP contribution is 2.19. The van der Waals surface area contributed by atoms with Crippen molar-refractivity contribution in [1.29, 1.82) is 0 Å². The molecule has 23 heavy (non-hydrogen) atoms. The Morgan fingerprint density at radius 2 is 1.87 bits per heavy atom. The Labute approximate surface area is 135 Å². The van der Waals surface area contributed by atoms with Crippen LogP contribution in [0.1, 0.15) is 18.0 Å². The number of hydrogen-bond acceptors (Lipinski definition) is 4. The summed E-state index contributed by atoms with van der Waals surface area (Å²) in [5.41, 5.74) is 8.60. The lowest BCUT2D eigenvalue weighted by molar-refractivity contribution is -0.117. The molecule has 5 heteroatoms. The van der Waals surface area contributed by atoms with Crippen LogP contribution in [0.5, 0.6) is 0 Å². The second kappa shape index (κ2) is 7.07. The average Bonchev–Trinajstić information content (AvgIpc) is 2.63. The van der Waals surface area contributed by atoms with Gasteiger partial charge in [0.1, 0.15) is 6.04 Å². The van der Waals surface area contributed by atoms with E-state index in [-0.39, 0.29) is 5.91 Å². The Morgan fingerprint density at radius 1 is 1.13 bits per heavy atom. The van der Waals surface area contributed by atoms with Gasteiger partial charge < -0.3 is 16.0 Å². The molecule has 1 unspecified atom stereocenters. The fraction of sp³-hybridized carbons (Fsp3) is 0.222. The van der Waals surface area contributed by atoms with Crippen LogP contribution in [-0.2, 0) is 4.79 Å². The highest BCUT2D eigenvalue weighted by atomic mass is 16.2. The molecule has 1 heterocycles. The molecular weight excluding hydrogens is 288 g/mol. The fourth-order valence-corrected chi connectivity index (χ4v) is 2.51. The first-order chi connectivity index (χ1) is 11.2. The molecule has 3 rings (SSSR count). The number of carbonyl (C=O) groups excluding carboxylic acids is 1. The van der Waals surface area contributed by atoms with E-state index in [1.807, 2.05) is 60.9 Å². The van der Waals surface area contributed by atoms with Crippen molar-refractivity contribution in [2.45, 2.75) is 12.5 Å². The normalized spacial score (nSPS) is 15.3. The lowest BCUT2D eigenvalue weighted by Crippen LogP contribution is -2.28. The van der Waals surface area contributed by atoms with Crippen LogP contribution in [0.4, 0.5) is 11.4 Å². The minimum Gasteiger partial charge on any atom is -0.333 e. The Morgan fingerprint density at radius 3 is 2.52 bits per heavy atom. The predicted molar refractivity (Wildman–Crippen MR) is 93.8 cm³/mol. The minimum absolute atomic E-state index is 0.219. The fourth-order valence-electron chi connectivity index (χ4n) is 2.51. The largest absolute Gasteiger partial charge is 0.333 e. The zero-order valence-corrected chi connectivity index (χ0v) is 12.9. The lowest BCUT2D eigenvalue weighted by Gasteiger charge is -2.22. The molecule has 2 aromatic carbocycles. The van der Waals surface area contributed by atoms with Gasteiger partial charge in [-0.05, 0) is 36.2 Å². The smallest absolute Gasteiger partial charge is 0.245 e. The van der Waals surface area contributed by atoms with Gasteiger partial charge in [-0.1, -0.05) is 30.3 Å². The van der Waals surface area contributed by atoms with Crippen molar-refractivity contribution in [1.82, 2.24) is 0 Å². The number of nitrogens with two attached hydrogens (primary N) is 1. The molecule has 1 aliphatic rings. The van der Waals surface area contributed by atoms with Gasteiger partial charge in [0.2, 0.25) is 5.91 Å². The van der Waals surface area contributed by atoms with Crippen molar-refractivity contribution in [3.8, 4) is 0 Å². The summed E-state index contributed by atoms with van der Waals surface area (Å²) in [5.74, 6) is -0.219. The number of benzene rings is 2. The minimum atomic E-state index is -0.676. The van der Waals surface area contributed by atoms with Crippen LogP contribution >= 0.6 is 0 Å². The summed E-state index contributed by atoms with van der Waals surface area (Å²) in [6.07, 6.45) is 2.92. The van der Waals surface area contributed by atoms with Crippen LogP contribution in [0.15, 0.2) is 59.6 Å². The third-order valence-electron chi connectivity index (χ3n) is 3.81. The summed E-state index contributed by atoms with van der Waals surface area (Å²) in [7, 11) is 0. The summed E-state index contributed by atoms with van der Waals surface area (Å²) in [4.78, 5) is 18.6. The number of aliphatic imine (C=N–C) groups is 1. The van der Waals surface area contributed by atoms with E-state index in [1.54, 1.807) is 0 Å². The maximum absolute atomic E-state index is 12.2. The summed E-state index contributed by atoms with van der Waals surface area (Å²) < 4.78 is 0. The standard InChI is InChI=1S/C18H20N4O/c19-17(14-5-2-1-3-6-14)18(23)21-15-7-9-16(10-8-15)22-12-4-11-20-13-22/h1-3,5-10,13,17H,4,11-12,19H2,(H,21,23). The molecule has 118 valence electrons. The van der Waals surface area contributed by atoms with E-state index in [0.29, 0.717) is 0 Å². The Hall–Kier alpha value is -2.66. The molecule has 0 aromatic heterocycles. The molecule has 0 saturated carbocycles. The van der Waals surface area contributed by atoms with Gasteiger partial charge in [0.15, 0.2) is 0 Å². The molecular formula is C18H20N4O. The maximum atomic E-state index is 12.2. The summed E-state index contributed by atoms with van der Waals surface area (Å²) >= 11 is 0. The molecule has 1 amide bonds. The molecule has 0 fully saturated rings. The van der Waals surface area contributed by atoms with Crippen molar-refractivity contribution in [2.24, 2.45) is 10.7 Å². The zero-order valence-electron chi connectivity index (χ0n) is 12.9. The maximum Gasteiger partial charge on any atom is 0.245 e. The third kappa shape index (κ3) is 3.76. The van der Waals surface area contributed by atoms with E-state index in [9.17, 15) is 4.79 Å². The molecule has 1 aliphatic heterocycles. The van der Waals surface area contributed by atoms with Crippen LogP contribution < -0.4 is 16.0 Å². The van der Waals surface area contributed by atoms with Crippen LogP contribution in [0.2, 0.25) is 0 Å². The number of hydrogen-bond donors (Lipinski definition) is 2. The monoisotopic (exact) mass is 308 g/mol.